The molecule has 0 amide bonds. The Balaban J connectivity index is 1.48. The van der Waals surface area contributed by atoms with Crippen molar-refractivity contribution in [3.63, 3.8) is 0 Å². The van der Waals surface area contributed by atoms with Gasteiger partial charge in [-0.25, -0.2) is 4.98 Å². The Morgan fingerprint density at radius 2 is 1.94 bits per heavy atom. The Morgan fingerprint density at radius 1 is 1.16 bits per heavy atom. The van der Waals surface area contributed by atoms with E-state index in [2.05, 4.69) is 73.1 Å². The van der Waals surface area contributed by atoms with Crippen LogP contribution < -0.4 is 4.74 Å². The Morgan fingerprint density at radius 3 is 2.71 bits per heavy atom. The fourth-order valence-electron chi connectivity index (χ4n) is 4.95. The van der Waals surface area contributed by atoms with Gasteiger partial charge in [-0.2, -0.15) is 0 Å². The van der Waals surface area contributed by atoms with Crippen LogP contribution in [0.1, 0.15) is 54.6 Å². The number of H-pyrrole nitrogens is 1. The predicted octanol–water partition coefficient (Wildman–Crippen LogP) is 5.93. The van der Waals surface area contributed by atoms with Crippen molar-refractivity contribution in [2.45, 2.75) is 51.5 Å². The quantitative estimate of drug-likeness (QED) is 0.577. The summed E-state index contributed by atoms with van der Waals surface area (Å²) in [4.78, 5) is 11.2. The average molecular weight is 413 g/mol. The highest BCUT2D eigenvalue weighted by Crippen LogP contribution is 2.42. The summed E-state index contributed by atoms with van der Waals surface area (Å²) in [5.74, 6) is 2.21. The number of rotatable bonds is 4. The van der Waals surface area contributed by atoms with Crippen molar-refractivity contribution in [1.82, 2.24) is 14.9 Å². The lowest BCUT2D eigenvalue weighted by Gasteiger charge is -2.37. The number of aryl methyl sites for hydroxylation is 2. The van der Waals surface area contributed by atoms with Gasteiger partial charge in [-0.05, 0) is 93.1 Å². The second-order valence-electron chi connectivity index (χ2n) is 9.06. The standard InChI is InChI=1S/C27H30N3O/c1-18-15-24-25(16-19(18)2)29-26(28-24)27(3)13-6-14-30(27)22-8-5-7-21(17-22)20-9-11-23(31-4)12-10-20/h5,8-12,15-16,21H,6-7,13-14H2,1-4H3,(H,28,29)/t21?,27-/m0/s1. The Hall–Kier alpha value is -3.01. The van der Waals surface area contributed by atoms with Crippen LogP contribution in [0.3, 0.4) is 0 Å². The molecule has 1 radical (unpaired) electrons. The van der Waals surface area contributed by atoms with Gasteiger partial charge in [0.2, 0.25) is 0 Å². The summed E-state index contributed by atoms with van der Waals surface area (Å²) in [7, 11) is 1.71. The number of imidazole rings is 1. The average Bonchev–Trinajstić information content (AvgIpc) is 3.38. The highest BCUT2D eigenvalue weighted by Gasteiger charge is 2.41. The second kappa shape index (κ2) is 7.60. The molecule has 4 nitrogen and oxygen atoms in total. The van der Waals surface area contributed by atoms with Crippen molar-refractivity contribution >= 4 is 11.0 Å². The number of nitrogens with zero attached hydrogens (tertiary/aromatic N) is 2. The van der Waals surface area contributed by atoms with Gasteiger partial charge >= 0.3 is 0 Å². The number of likely N-dealkylation sites (tertiary alicyclic amines) is 1. The van der Waals surface area contributed by atoms with Crippen molar-refractivity contribution < 1.29 is 4.74 Å². The summed E-state index contributed by atoms with van der Waals surface area (Å²) in [5, 5.41) is 0. The minimum absolute atomic E-state index is 0.157. The van der Waals surface area contributed by atoms with E-state index in [9.17, 15) is 0 Å². The molecule has 1 fully saturated rings. The van der Waals surface area contributed by atoms with Crippen LogP contribution in [0.4, 0.5) is 0 Å². The topological polar surface area (TPSA) is 41.1 Å². The third-order valence-corrected chi connectivity index (χ3v) is 7.03. The zero-order valence-electron chi connectivity index (χ0n) is 18.8. The first-order valence-electron chi connectivity index (χ1n) is 11.2. The van der Waals surface area contributed by atoms with Crippen molar-refractivity contribution in [2.24, 2.45) is 0 Å². The van der Waals surface area contributed by atoms with Gasteiger partial charge in [-0.15, -0.1) is 0 Å². The van der Waals surface area contributed by atoms with Gasteiger partial charge in [-0.3, -0.25) is 0 Å². The highest BCUT2D eigenvalue weighted by atomic mass is 16.5. The van der Waals surface area contributed by atoms with Crippen molar-refractivity contribution in [1.29, 1.82) is 0 Å². The second-order valence-corrected chi connectivity index (χ2v) is 9.06. The first-order valence-corrected chi connectivity index (χ1v) is 11.2. The first-order chi connectivity index (χ1) is 15.0. The summed E-state index contributed by atoms with van der Waals surface area (Å²) in [6, 6.07) is 12.8. The zero-order valence-corrected chi connectivity index (χ0v) is 18.8. The number of fused-ring (bicyclic) bond motifs is 1. The summed E-state index contributed by atoms with van der Waals surface area (Å²) in [5.41, 5.74) is 7.06. The summed E-state index contributed by atoms with van der Waals surface area (Å²) < 4.78 is 5.32. The number of allylic oxidation sites excluding steroid dienone is 3. The molecule has 1 saturated heterocycles. The van der Waals surface area contributed by atoms with Crippen LogP contribution in [0.25, 0.3) is 11.0 Å². The van der Waals surface area contributed by atoms with Crippen LogP contribution in [0.15, 0.2) is 54.2 Å². The molecular formula is C27H30N3O. The molecule has 0 spiro atoms. The molecule has 2 aliphatic rings. The van der Waals surface area contributed by atoms with E-state index < -0.39 is 0 Å². The third kappa shape index (κ3) is 3.44. The van der Waals surface area contributed by atoms with Gasteiger partial charge in [0.1, 0.15) is 11.6 Å². The summed E-state index contributed by atoms with van der Waals surface area (Å²) in [6.07, 6.45) is 11.5. The van der Waals surface area contributed by atoms with Crippen LogP contribution in [0, 0.1) is 19.9 Å². The van der Waals surface area contributed by atoms with E-state index in [4.69, 9.17) is 9.72 Å². The zero-order chi connectivity index (χ0) is 21.6. The monoisotopic (exact) mass is 412 g/mol. The molecular weight excluding hydrogens is 382 g/mol. The van der Waals surface area contributed by atoms with E-state index in [1.54, 1.807) is 7.11 Å². The normalized spacial score (nSPS) is 23.4. The number of benzene rings is 2. The molecule has 159 valence electrons. The highest BCUT2D eigenvalue weighted by molar-refractivity contribution is 5.77. The number of methoxy groups -OCH3 is 1. The summed E-state index contributed by atoms with van der Waals surface area (Å²) >= 11 is 0. The van der Waals surface area contributed by atoms with Crippen molar-refractivity contribution in [2.75, 3.05) is 13.7 Å². The van der Waals surface area contributed by atoms with E-state index in [0.717, 1.165) is 48.4 Å². The number of aromatic nitrogens is 2. The van der Waals surface area contributed by atoms with Crippen LogP contribution in [-0.4, -0.2) is 28.5 Å². The molecule has 3 aromatic rings. The molecule has 1 aliphatic heterocycles. The Bertz CT molecular complexity index is 1130. The Kier molecular flexibility index (Phi) is 4.88. The molecule has 1 unspecified atom stereocenters. The molecule has 2 atom stereocenters. The molecule has 1 N–H and O–H groups in total. The van der Waals surface area contributed by atoms with Gasteiger partial charge in [0.25, 0.3) is 0 Å². The van der Waals surface area contributed by atoms with E-state index in [-0.39, 0.29) is 11.5 Å². The van der Waals surface area contributed by atoms with Crippen LogP contribution in [0.2, 0.25) is 0 Å². The fourth-order valence-corrected chi connectivity index (χ4v) is 4.95. The van der Waals surface area contributed by atoms with Crippen LogP contribution >= 0.6 is 0 Å². The largest absolute Gasteiger partial charge is 0.497 e. The molecule has 0 bridgehead atoms. The molecule has 0 saturated carbocycles. The smallest absolute Gasteiger partial charge is 0.132 e. The number of nitrogens with one attached hydrogen (secondary N) is 1. The van der Waals surface area contributed by atoms with Gasteiger partial charge in [0.15, 0.2) is 0 Å². The third-order valence-electron chi connectivity index (χ3n) is 7.03. The predicted molar refractivity (Wildman–Crippen MR) is 125 cm³/mol. The molecule has 1 aromatic heterocycles. The summed E-state index contributed by atoms with van der Waals surface area (Å²) in [6.45, 7) is 7.65. The van der Waals surface area contributed by atoms with E-state index in [1.807, 2.05) is 12.1 Å². The number of hydrogen-bond donors (Lipinski definition) is 1. The minimum Gasteiger partial charge on any atom is -0.497 e. The fraction of sp³-hybridized carbons (Fsp3) is 0.370. The Labute approximate surface area is 184 Å². The lowest BCUT2D eigenvalue weighted by atomic mass is 9.90. The molecule has 5 rings (SSSR count). The van der Waals surface area contributed by atoms with Gasteiger partial charge < -0.3 is 14.6 Å². The SMILES string of the molecule is COc1ccc(C2[C]=C(N3CCC[C@@]3(C)c3nc4cc(C)c(C)cc4[nH]3)C=CC2)cc1. The van der Waals surface area contributed by atoms with E-state index >= 15 is 0 Å². The maximum absolute atomic E-state index is 5.32. The molecule has 1 aliphatic carbocycles. The lowest BCUT2D eigenvalue weighted by Crippen LogP contribution is -2.39. The molecule has 2 heterocycles. The van der Waals surface area contributed by atoms with Gasteiger partial charge in [-0.1, -0.05) is 18.2 Å². The van der Waals surface area contributed by atoms with Crippen LogP contribution in [0.5, 0.6) is 5.75 Å². The van der Waals surface area contributed by atoms with E-state index in [0.29, 0.717) is 0 Å². The molecule has 2 aromatic carbocycles. The number of aromatic amines is 1. The first kappa shape index (κ1) is 19.9. The molecule has 31 heavy (non-hydrogen) atoms. The van der Waals surface area contributed by atoms with Gasteiger partial charge in [0, 0.05) is 18.2 Å². The molecule has 4 heteroatoms. The minimum atomic E-state index is -0.157. The van der Waals surface area contributed by atoms with Crippen molar-refractivity contribution in [3.8, 4) is 5.75 Å². The van der Waals surface area contributed by atoms with Gasteiger partial charge in [0.05, 0.1) is 23.7 Å². The maximum Gasteiger partial charge on any atom is 0.132 e. The lowest BCUT2D eigenvalue weighted by molar-refractivity contribution is 0.199. The maximum atomic E-state index is 5.32. The number of hydrogen-bond acceptors (Lipinski definition) is 3. The number of ether oxygens (including phenoxy) is 1. The van der Waals surface area contributed by atoms with Crippen LogP contribution in [-0.2, 0) is 5.54 Å². The van der Waals surface area contributed by atoms with Crippen molar-refractivity contribution in [3.05, 3.63) is 82.8 Å². The van der Waals surface area contributed by atoms with E-state index in [1.165, 1.54) is 22.4 Å².